The molecule has 0 unspecified atom stereocenters. The minimum atomic E-state index is -3.38. The SMILES string of the molecule is CCCCCC/C=C/C(=[CH]/[Ge]([c]1ccco1)([c]1ccco1)[c]1ccco1)CCCCCC. The number of hydrogen-bond donors (Lipinski definition) is 0. The molecule has 0 atom stereocenters. The second-order valence-corrected chi connectivity index (χ2v) is 15.6. The van der Waals surface area contributed by atoms with Crippen LogP contribution in [0.1, 0.15) is 78.1 Å². The molecule has 3 nitrogen and oxygen atoms in total. The van der Waals surface area contributed by atoms with E-state index in [0.29, 0.717) is 0 Å². The van der Waals surface area contributed by atoms with Gasteiger partial charge in [0.2, 0.25) is 0 Å². The van der Waals surface area contributed by atoms with Crippen LogP contribution in [-0.2, 0) is 0 Å². The van der Waals surface area contributed by atoms with Gasteiger partial charge in [0.25, 0.3) is 0 Å². The normalized spacial score (nSPS) is 12.8. The van der Waals surface area contributed by atoms with Crippen LogP contribution < -0.4 is 13.8 Å². The summed E-state index contributed by atoms with van der Waals surface area (Å²) in [6, 6.07) is 12.2. The molecule has 0 amide bonds. The quantitative estimate of drug-likeness (QED) is 0.131. The van der Waals surface area contributed by atoms with Crippen molar-refractivity contribution in [1.29, 1.82) is 0 Å². The van der Waals surface area contributed by atoms with Crippen molar-refractivity contribution in [2.75, 3.05) is 0 Å². The molecular formula is C28H38GeO3. The van der Waals surface area contributed by atoms with Crippen LogP contribution in [0.15, 0.2) is 91.1 Å². The topological polar surface area (TPSA) is 39.4 Å². The molecule has 0 radical (unpaired) electrons. The molecule has 0 bridgehead atoms. The van der Waals surface area contributed by atoms with E-state index in [-0.39, 0.29) is 0 Å². The monoisotopic (exact) mass is 496 g/mol. The summed E-state index contributed by atoms with van der Waals surface area (Å²) in [4.78, 5) is 2.48. The van der Waals surface area contributed by atoms with Gasteiger partial charge in [-0.15, -0.1) is 0 Å². The van der Waals surface area contributed by atoms with E-state index >= 15 is 0 Å². The van der Waals surface area contributed by atoms with Crippen molar-refractivity contribution in [1.82, 2.24) is 0 Å². The Kier molecular flexibility index (Phi) is 10.3. The maximum atomic E-state index is 6.06. The molecule has 0 fully saturated rings. The fourth-order valence-electron chi connectivity index (χ4n) is 4.25. The number of unbranched alkanes of at least 4 members (excludes halogenated alkanes) is 7. The van der Waals surface area contributed by atoms with Crippen LogP contribution in [0.3, 0.4) is 0 Å². The Labute approximate surface area is 195 Å². The minimum absolute atomic E-state index is 0.984. The van der Waals surface area contributed by atoms with Crippen molar-refractivity contribution in [3.63, 3.8) is 0 Å². The number of rotatable bonds is 15. The standard InChI is InChI=1S/C28H38GeO3/c1-3-5-7-9-10-12-17-25(16-11-8-6-4-2)24-29(26-18-13-21-30-26,27-19-14-22-31-27)28-20-15-23-32-28/h12-15,17-24H,3-11,16H2,1-2H3/b17-12+,25-24+. The van der Waals surface area contributed by atoms with Crippen molar-refractivity contribution in [2.45, 2.75) is 78.1 Å². The summed E-state index contributed by atoms with van der Waals surface area (Å²) in [6.07, 6.45) is 22.4. The molecule has 172 valence electrons. The van der Waals surface area contributed by atoms with Gasteiger partial charge >= 0.3 is 196 Å². The number of furan rings is 3. The third-order valence-electron chi connectivity index (χ3n) is 6.01. The molecule has 3 rings (SSSR count). The summed E-state index contributed by atoms with van der Waals surface area (Å²) in [5.41, 5.74) is 1.38. The van der Waals surface area contributed by atoms with Crippen LogP contribution in [0.4, 0.5) is 0 Å². The van der Waals surface area contributed by atoms with Gasteiger partial charge in [0.1, 0.15) is 0 Å². The van der Waals surface area contributed by atoms with Gasteiger partial charge in [0, 0.05) is 0 Å². The van der Waals surface area contributed by atoms with E-state index in [2.05, 4.69) is 49.1 Å². The Balaban J connectivity index is 1.98. The molecule has 3 heterocycles. The van der Waals surface area contributed by atoms with Crippen LogP contribution in [0.5, 0.6) is 0 Å². The van der Waals surface area contributed by atoms with Crippen LogP contribution in [0.2, 0.25) is 0 Å². The predicted octanol–water partition coefficient (Wildman–Crippen LogP) is 6.90. The molecule has 0 aliphatic heterocycles. The van der Waals surface area contributed by atoms with E-state index in [1.165, 1.54) is 56.9 Å². The van der Waals surface area contributed by atoms with E-state index in [1.54, 1.807) is 18.8 Å². The molecule has 0 spiro atoms. The first-order chi connectivity index (χ1) is 15.8. The Hall–Kier alpha value is -2.14. The van der Waals surface area contributed by atoms with E-state index < -0.39 is 13.3 Å². The van der Waals surface area contributed by atoms with Crippen LogP contribution >= 0.6 is 0 Å². The Bertz CT molecular complexity index is 818. The van der Waals surface area contributed by atoms with E-state index in [9.17, 15) is 0 Å². The second kappa shape index (κ2) is 13.4. The molecule has 3 aromatic rings. The van der Waals surface area contributed by atoms with E-state index in [1.807, 2.05) is 18.2 Å². The van der Waals surface area contributed by atoms with Gasteiger partial charge in [-0.25, -0.2) is 0 Å². The second-order valence-electron chi connectivity index (χ2n) is 8.52. The summed E-state index contributed by atoms with van der Waals surface area (Å²) in [6.45, 7) is 4.52. The molecule has 0 saturated carbocycles. The first-order valence-electron chi connectivity index (χ1n) is 12.3. The zero-order valence-electron chi connectivity index (χ0n) is 19.7. The number of allylic oxidation sites excluding steroid dienone is 3. The third-order valence-corrected chi connectivity index (χ3v) is 14.4. The van der Waals surface area contributed by atoms with Gasteiger partial charge in [0.15, 0.2) is 0 Å². The fourth-order valence-corrected chi connectivity index (χ4v) is 12.2. The van der Waals surface area contributed by atoms with Gasteiger partial charge in [-0.1, -0.05) is 0 Å². The van der Waals surface area contributed by atoms with E-state index in [4.69, 9.17) is 13.3 Å². The zero-order chi connectivity index (χ0) is 22.5. The molecule has 0 saturated heterocycles. The van der Waals surface area contributed by atoms with Crippen LogP contribution in [0.25, 0.3) is 0 Å². The molecule has 0 aliphatic carbocycles. The van der Waals surface area contributed by atoms with Crippen molar-refractivity contribution in [2.24, 2.45) is 0 Å². The zero-order valence-corrected chi connectivity index (χ0v) is 21.8. The van der Waals surface area contributed by atoms with Crippen molar-refractivity contribution in [3.05, 3.63) is 77.8 Å². The van der Waals surface area contributed by atoms with Crippen molar-refractivity contribution >= 4 is 27.0 Å². The molecule has 0 N–H and O–H groups in total. The molecule has 3 aromatic heterocycles. The molecule has 32 heavy (non-hydrogen) atoms. The summed E-state index contributed by atoms with van der Waals surface area (Å²) in [5, 5.41) is 0. The van der Waals surface area contributed by atoms with Gasteiger partial charge < -0.3 is 0 Å². The third kappa shape index (κ3) is 6.44. The van der Waals surface area contributed by atoms with Crippen molar-refractivity contribution in [3.8, 4) is 0 Å². The molecule has 0 aromatic carbocycles. The van der Waals surface area contributed by atoms with Gasteiger partial charge in [0.05, 0.1) is 0 Å². The average Bonchev–Trinajstić information content (AvgIpc) is 3.60. The molecular weight excluding hydrogens is 457 g/mol. The van der Waals surface area contributed by atoms with Gasteiger partial charge in [-0.2, -0.15) is 0 Å². The Morgan fingerprint density at radius 1 is 0.719 bits per heavy atom. The Morgan fingerprint density at radius 3 is 1.72 bits per heavy atom. The molecule has 0 aliphatic rings. The van der Waals surface area contributed by atoms with Gasteiger partial charge in [-0.05, 0) is 0 Å². The first-order valence-corrected chi connectivity index (χ1v) is 16.7. The predicted molar refractivity (Wildman–Crippen MR) is 136 cm³/mol. The van der Waals surface area contributed by atoms with Gasteiger partial charge in [-0.3, -0.25) is 0 Å². The first kappa shape index (κ1) is 24.5. The summed E-state index contributed by atoms with van der Waals surface area (Å²) in [7, 11) is 0. The number of hydrogen-bond acceptors (Lipinski definition) is 3. The summed E-state index contributed by atoms with van der Waals surface area (Å²) < 4.78 is 21.1. The van der Waals surface area contributed by atoms with Crippen molar-refractivity contribution < 1.29 is 13.3 Å². The average molecular weight is 495 g/mol. The summed E-state index contributed by atoms with van der Waals surface area (Å²) in [5.74, 6) is 0. The maximum absolute atomic E-state index is 6.06. The van der Waals surface area contributed by atoms with E-state index in [0.717, 1.165) is 26.6 Å². The van der Waals surface area contributed by atoms with Crippen LogP contribution in [-0.4, -0.2) is 13.3 Å². The Morgan fingerprint density at radius 2 is 1.25 bits per heavy atom. The van der Waals surface area contributed by atoms with Crippen LogP contribution in [0, 0.1) is 0 Å². The fraction of sp³-hybridized carbons (Fsp3) is 0.429. The summed E-state index contributed by atoms with van der Waals surface area (Å²) >= 11 is -3.38. The molecule has 4 heteroatoms.